The number of sulfonamides is 1. The molecular weight excluding hydrogens is 320 g/mol. The van der Waals surface area contributed by atoms with Crippen molar-refractivity contribution in [2.24, 2.45) is 0 Å². The number of H-pyrrole nitrogens is 1. The highest BCUT2D eigenvalue weighted by Crippen LogP contribution is 2.30. The number of fused-ring (bicyclic) bond motifs is 3. The van der Waals surface area contributed by atoms with E-state index in [-0.39, 0.29) is 0 Å². The zero-order chi connectivity index (χ0) is 16.9. The maximum Gasteiger partial charge on any atom is 0.243 e. The van der Waals surface area contributed by atoms with Crippen LogP contribution in [0.2, 0.25) is 0 Å². The van der Waals surface area contributed by atoms with Crippen LogP contribution in [-0.4, -0.2) is 24.3 Å². The molecule has 24 heavy (non-hydrogen) atoms. The Labute approximate surface area is 142 Å². The van der Waals surface area contributed by atoms with E-state index in [1.807, 2.05) is 38.1 Å². The zero-order valence-corrected chi connectivity index (χ0v) is 14.7. The van der Waals surface area contributed by atoms with E-state index in [9.17, 15) is 8.42 Å². The second kappa shape index (κ2) is 5.46. The van der Waals surface area contributed by atoms with E-state index in [1.54, 1.807) is 16.4 Å². The first kappa shape index (κ1) is 15.4. The molecule has 0 saturated heterocycles. The molecular formula is C19H20N2O2S. The number of nitrogens with zero attached hydrogens (tertiary/aromatic N) is 1. The van der Waals surface area contributed by atoms with Gasteiger partial charge in [-0.3, -0.25) is 0 Å². The van der Waals surface area contributed by atoms with Crippen LogP contribution in [0.25, 0.3) is 10.9 Å². The van der Waals surface area contributed by atoms with Crippen LogP contribution in [0.1, 0.15) is 22.4 Å². The summed E-state index contributed by atoms with van der Waals surface area (Å²) in [5, 5.41) is 1.20. The first-order valence-corrected chi connectivity index (χ1v) is 9.57. The summed E-state index contributed by atoms with van der Waals surface area (Å²) >= 11 is 0. The van der Waals surface area contributed by atoms with Gasteiger partial charge in [0.15, 0.2) is 0 Å². The highest BCUT2D eigenvalue weighted by molar-refractivity contribution is 7.89. The van der Waals surface area contributed by atoms with Crippen molar-refractivity contribution in [1.82, 2.24) is 9.29 Å². The van der Waals surface area contributed by atoms with Gasteiger partial charge in [0, 0.05) is 23.1 Å². The summed E-state index contributed by atoms with van der Waals surface area (Å²) < 4.78 is 27.6. The molecule has 1 aliphatic heterocycles. The second-order valence-electron chi connectivity index (χ2n) is 6.46. The number of hydrogen-bond acceptors (Lipinski definition) is 2. The van der Waals surface area contributed by atoms with Crippen LogP contribution in [0, 0.1) is 13.8 Å². The predicted octanol–water partition coefficient (Wildman–Crippen LogP) is 3.53. The van der Waals surface area contributed by atoms with E-state index in [4.69, 9.17) is 0 Å². The van der Waals surface area contributed by atoms with Gasteiger partial charge in [0.1, 0.15) is 0 Å². The Kier molecular flexibility index (Phi) is 3.51. The molecule has 0 aliphatic carbocycles. The second-order valence-corrected chi connectivity index (χ2v) is 8.40. The standard InChI is InChI=1S/C19H20N2O2S/c1-13-7-8-15(11-14(13)2)24(22,23)21-10-9-17-16-5-3-4-6-18(16)20-19(17)12-21/h3-8,11,20H,9-10,12H2,1-2H3. The number of hydrogen-bond donors (Lipinski definition) is 1. The summed E-state index contributed by atoms with van der Waals surface area (Å²) in [6.07, 6.45) is 0.740. The SMILES string of the molecule is Cc1ccc(S(=O)(=O)N2CCc3c([nH]c4ccccc34)C2)cc1C. The first-order valence-electron chi connectivity index (χ1n) is 8.12. The number of aromatic nitrogens is 1. The smallest absolute Gasteiger partial charge is 0.243 e. The molecule has 4 rings (SSSR count). The molecule has 0 fully saturated rings. The molecule has 0 radical (unpaired) electrons. The Hall–Kier alpha value is -2.11. The van der Waals surface area contributed by atoms with E-state index in [2.05, 4.69) is 11.1 Å². The summed E-state index contributed by atoms with van der Waals surface area (Å²) in [5.74, 6) is 0. The van der Waals surface area contributed by atoms with Crippen LogP contribution in [0.5, 0.6) is 0 Å². The minimum Gasteiger partial charge on any atom is -0.357 e. The lowest BCUT2D eigenvalue weighted by Gasteiger charge is -2.26. The van der Waals surface area contributed by atoms with Gasteiger partial charge in [0.25, 0.3) is 0 Å². The van der Waals surface area contributed by atoms with Crippen LogP contribution < -0.4 is 0 Å². The van der Waals surface area contributed by atoms with Gasteiger partial charge < -0.3 is 4.98 Å². The van der Waals surface area contributed by atoms with Gasteiger partial charge in [-0.1, -0.05) is 24.3 Å². The molecule has 1 N–H and O–H groups in total. The van der Waals surface area contributed by atoms with Gasteiger partial charge in [-0.15, -0.1) is 0 Å². The minimum atomic E-state index is -3.47. The van der Waals surface area contributed by atoms with Crippen LogP contribution >= 0.6 is 0 Å². The Morgan fingerprint density at radius 3 is 2.62 bits per heavy atom. The maximum atomic E-state index is 13.0. The average molecular weight is 340 g/mol. The van der Waals surface area contributed by atoms with Crippen molar-refractivity contribution in [2.45, 2.75) is 31.7 Å². The molecule has 124 valence electrons. The minimum absolute atomic E-state index is 0.380. The largest absolute Gasteiger partial charge is 0.357 e. The lowest BCUT2D eigenvalue weighted by molar-refractivity contribution is 0.388. The van der Waals surface area contributed by atoms with Gasteiger partial charge >= 0.3 is 0 Å². The van der Waals surface area contributed by atoms with Gasteiger partial charge in [-0.25, -0.2) is 8.42 Å². The summed E-state index contributed by atoms with van der Waals surface area (Å²) in [4.78, 5) is 3.76. The van der Waals surface area contributed by atoms with Gasteiger partial charge in [-0.2, -0.15) is 4.31 Å². The van der Waals surface area contributed by atoms with Crippen LogP contribution in [0.15, 0.2) is 47.4 Å². The molecule has 3 aromatic rings. The fourth-order valence-electron chi connectivity index (χ4n) is 3.40. The number of benzene rings is 2. The topological polar surface area (TPSA) is 53.2 Å². The lowest BCUT2D eigenvalue weighted by atomic mass is 10.1. The number of rotatable bonds is 2. The Balaban J connectivity index is 1.72. The average Bonchev–Trinajstić information content (AvgIpc) is 2.95. The van der Waals surface area contributed by atoms with E-state index in [1.165, 1.54) is 10.9 Å². The first-order chi connectivity index (χ1) is 11.5. The normalized spacial score (nSPS) is 15.6. The number of aryl methyl sites for hydroxylation is 2. The van der Waals surface area contributed by atoms with E-state index in [0.717, 1.165) is 28.8 Å². The van der Waals surface area contributed by atoms with Crippen molar-refractivity contribution < 1.29 is 8.42 Å². The third-order valence-corrected chi connectivity index (χ3v) is 6.81. The molecule has 2 aromatic carbocycles. The molecule has 0 saturated carbocycles. The van der Waals surface area contributed by atoms with E-state index >= 15 is 0 Å². The van der Waals surface area contributed by atoms with Crippen molar-refractivity contribution in [2.75, 3.05) is 6.54 Å². The number of aromatic amines is 1. The summed E-state index contributed by atoms with van der Waals surface area (Å²) in [5.41, 5.74) is 5.44. The third kappa shape index (κ3) is 2.36. The van der Waals surface area contributed by atoms with E-state index in [0.29, 0.717) is 18.0 Å². The molecule has 0 spiro atoms. The third-order valence-electron chi connectivity index (χ3n) is 4.96. The predicted molar refractivity (Wildman–Crippen MR) is 95.5 cm³/mol. The van der Waals surface area contributed by atoms with Gasteiger partial charge in [0.2, 0.25) is 10.0 Å². The number of para-hydroxylation sites is 1. The Bertz CT molecular complexity index is 1030. The molecule has 0 bridgehead atoms. The fourth-order valence-corrected chi connectivity index (χ4v) is 4.89. The highest BCUT2D eigenvalue weighted by atomic mass is 32.2. The molecule has 5 heteroatoms. The fraction of sp³-hybridized carbons (Fsp3) is 0.263. The monoisotopic (exact) mass is 340 g/mol. The van der Waals surface area contributed by atoms with Crippen LogP contribution in [0.4, 0.5) is 0 Å². The zero-order valence-electron chi connectivity index (χ0n) is 13.8. The summed E-state index contributed by atoms with van der Waals surface area (Å²) in [7, 11) is -3.47. The Morgan fingerprint density at radius 2 is 1.83 bits per heavy atom. The molecule has 2 heterocycles. The van der Waals surface area contributed by atoms with E-state index < -0.39 is 10.0 Å². The summed E-state index contributed by atoms with van der Waals surface area (Å²) in [6.45, 7) is 4.85. The quantitative estimate of drug-likeness (QED) is 0.776. The van der Waals surface area contributed by atoms with Crippen molar-refractivity contribution in [3.63, 3.8) is 0 Å². The summed E-state index contributed by atoms with van der Waals surface area (Å²) in [6, 6.07) is 13.5. The molecule has 0 atom stereocenters. The van der Waals surface area contributed by atoms with Crippen LogP contribution in [-0.2, 0) is 23.0 Å². The molecule has 0 unspecified atom stereocenters. The highest BCUT2D eigenvalue weighted by Gasteiger charge is 2.30. The molecule has 4 nitrogen and oxygen atoms in total. The van der Waals surface area contributed by atoms with Gasteiger partial charge in [0.05, 0.1) is 11.4 Å². The molecule has 0 amide bonds. The lowest BCUT2D eigenvalue weighted by Crippen LogP contribution is -2.35. The van der Waals surface area contributed by atoms with Crippen molar-refractivity contribution >= 4 is 20.9 Å². The number of nitrogens with one attached hydrogen (secondary N) is 1. The molecule has 1 aromatic heterocycles. The maximum absolute atomic E-state index is 13.0. The molecule has 1 aliphatic rings. The van der Waals surface area contributed by atoms with Crippen molar-refractivity contribution in [3.05, 3.63) is 64.8 Å². The van der Waals surface area contributed by atoms with Gasteiger partial charge in [-0.05, 0) is 55.2 Å². The van der Waals surface area contributed by atoms with Crippen LogP contribution in [0.3, 0.4) is 0 Å². The van der Waals surface area contributed by atoms with Crippen molar-refractivity contribution in [1.29, 1.82) is 0 Å². The Morgan fingerprint density at radius 1 is 1.04 bits per heavy atom. The van der Waals surface area contributed by atoms with Crippen molar-refractivity contribution in [3.8, 4) is 0 Å².